The maximum Gasteiger partial charge on any atom is 0.127 e. The Balaban J connectivity index is 2.47. The van der Waals surface area contributed by atoms with Crippen molar-refractivity contribution in [3.8, 4) is 16.9 Å². The van der Waals surface area contributed by atoms with E-state index in [2.05, 4.69) is 4.98 Å². The fraction of sp³-hybridized carbons (Fsp3) is 0.0833. The van der Waals surface area contributed by atoms with Gasteiger partial charge in [0.1, 0.15) is 17.4 Å². The number of hydrogen-bond acceptors (Lipinski definition) is 3. The van der Waals surface area contributed by atoms with Crippen molar-refractivity contribution in [2.45, 2.75) is 0 Å². The first-order valence-electron chi connectivity index (χ1n) is 4.75. The Morgan fingerprint density at radius 2 is 2.00 bits per heavy atom. The van der Waals surface area contributed by atoms with Crippen LogP contribution < -0.4 is 10.5 Å². The van der Waals surface area contributed by atoms with E-state index in [-0.39, 0.29) is 5.82 Å². The van der Waals surface area contributed by atoms with Crippen molar-refractivity contribution in [1.82, 2.24) is 4.98 Å². The lowest BCUT2D eigenvalue weighted by atomic mass is 10.1. The minimum absolute atomic E-state index is 0.342. The van der Waals surface area contributed by atoms with E-state index in [1.54, 1.807) is 24.4 Å². The van der Waals surface area contributed by atoms with Crippen LogP contribution in [0.3, 0.4) is 0 Å². The van der Waals surface area contributed by atoms with Crippen LogP contribution in [0, 0.1) is 5.82 Å². The first kappa shape index (κ1) is 10.4. The average molecular weight is 218 g/mol. The fourth-order valence-electron chi connectivity index (χ4n) is 1.42. The smallest absolute Gasteiger partial charge is 0.127 e. The molecule has 0 amide bonds. The summed E-state index contributed by atoms with van der Waals surface area (Å²) in [6.45, 7) is 0. The van der Waals surface area contributed by atoms with E-state index in [0.29, 0.717) is 17.1 Å². The van der Waals surface area contributed by atoms with Crippen LogP contribution in [-0.2, 0) is 0 Å². The Hall–Kier alpha value is -2.10. The summed E-state index contributed by atoms with van der Waals surface area (Å²) in [5, 5.41) is 0. The van der Waals surface area contributed by atoms with E-state index in [1.807, 2.05) is 0 Å². The molecule has 0 aliphatic carbocycles. The van der Waals surface area contributed by atoms with Crippen molar-refractivity contribution in [3.05, 3.63) is 42.3 Å². The van der Waals surface area contributed by atoms with Crippen LogP contribution in [0.1, 0.15) is 0 Å². The van der Waals surface area contributed by atoms with Crippen molar-refractivity contribution in [3.63, 3.8) is 0 Å². The molecule has 0 aliphatic heterocycles. The first-order chi connectivity index (χ1) is 7.69. The molecular weight excluding hydrogens is 207 g/mol. The van der Waals surface area contributed by atoms with Crippen molar-refractivity contribution in [1.29, 1.82) is 0 Å². The highest BCUT2D eigenvalue weighted by atomic mass is 19.1. The molecule has 1 aromatic carbocycles. The highest BCUT2D eigenvalue weighted by Gasteiger charge is 2.03. The maximum atomic E-state index is 13.3. The maximum absolute atomic E-state index is 13.3. The summed E-state index contributed by atoms with van der Waals surface area (Å²) in [4.78, 5) is 3.96. The van der Waals surface area contributed by atoms with Crippen molar-refractivity contribution >= 4 is 5.82 Å². The SMILES string of the molecule is COc1cc(F)cc(-c2ccc(N)nc2)c1. The normalized spacial score (nSPS) is 10.1. The summed E-state index contributed by atoms with van der Waals surface area (Å²) in [6.07, 6.45) is 1.60. The van der Waals surface area contributed by atoms with Gasteiger partial charge in [-0.15, -0.1) is 0 Å². The first-order valence-corrected chi connectivity index (χ1v) is 4.75. The lowest BCUT2D eigenvalue weighted by Crippen LogP contribution is -1.90. The van der Waals surface area contributed by atoms with Crippen LogP contribution in [0.25, 0.3) is 11.1 Å². The van der Waals surface area contributed by atoms with E-state index in [0.717, 1.165) is 5.56 Å². The van der Waals surface area contributed by atoms with Gasteiger partial charge in [0.25, 0.3) is 0 Å². The number of nitrogens with zero attached hydrogens (tertiary/aromatic N) is 1. The topological polar surface area (TPSA) is 48.1 Å². The van der Waals surface area contributed by atoms with Gasteiger partial charge < -0.3 is 10.5 Å². The second-order valence-electron chi connectivity index (χ2n) is 3.35. The molecule has 1 heterocycles. The number of nitrogens with two attached hydrogens (primary N) is 1. The number of rotatable bonds is 2. The van der Waals surface area contributed by atoms with E-state index in [1.165, 1.54) is 19.2 Å². The third-order valence-corrected chi connectivity index (χ3v) is 2.23. The van der Waals surface area contributed by atoms with Crippen molar-refractivity contribution in [2.24, 2.45) is 0 Å². The second kappa shape index (κ2) is 4.18. The van der Waals surface area contributed by atoms with E-state index < -0.39 is 0 Å². The van der Waals surface area contributed by atoms with Crippen LogP contribution in [-0.4, -0.2) is 12.1 Å². The molecule has 0 saturated heterocycles. The zero-order valence-electron chi connectivity index (χ0n) is 8.77. The number of halogens is 1. The quantitative estimate of drug-likeness (QED) is 0.842. The van der Waals surface area contributed by atoms with Crippen LogP contribution in [0.5, 0.6) is 5.75 Å². The summed E-state index contributed by atoms with van der Waals surface area (Å²) < 4.78 is 18.3. The number of nitrogen functional groups attached to an aromatic ring is 1. The van der Waals surface area contributed by atoms with Gasteiger partial charge in [0, 0.05) is 17.8 Å². The van der Waals surface area contributed by atoms with Crippen LogP contribution in [0.15, 0.2) is 36.5 Å². The summed E-state index contributed by atoms with van der Waals surface area (Å²) >= 11 is 0. The predicted molar refractivity (Wildman–Crippen MR) is 60.6 cm³/mol. The van der Waals surface area contributed by atoms with Gasteiger partial charge in [0.05, 0.1) is 7.11 Å². The number of hydrogen-bond donors (Lipinski definition) is 1. The Labute approximate surface area is 92.7 Å². The molecule has 2 aromatic rings. The average Bonchev–Trinajstić information content (AvgIpc) is 2.29. The summed E-state index contributed by atoms with van der Waals surface area (Å²) in [5.41, 5.74) is 6.99. The van der Waals surface area contributed by atoms with Gasteiger partial charge in [-0.25, -0.2) is 9.37 Å². The van der Waals surface area contributed by atoms with Gasteiger partial charge in [-0.3, -0.25) is 0 Å². The number of anilines is 1. The molecule has 0 bridgehead atoms. The number of ether oxygens (including phenoxy) is 1. The van der Waals surface area contributed by atoms with Crippen molar-refractivity contribution in [2.75, 3.05) is 12.8 Å². The highest BCUT2D eigenvalue weighted by Crippen LogP contribution is 2.25. The molecule has 16 heavy (non-hydrogen) atoms. The molecule has 0 saturated carbocycles. The monoisotopic (exact) mass is 218 g/mol. The molecule has 82 valence electrons. The van der Waals surface area contributed by atoms with Gasteiger partial charge in [-0.1, -0.05) is 0 Å². The molecule has 4 heteroatoms. The van der Waals surface area contributed by atoms with Gasteiger partial charge in [-0.2, -0.15) is 0 Å². The van der Waals surface area contributed by atoms with Crippen molar-refractivity contribution < 1.29 is 9.13 Å². The fourth-order valence-corrected chi connectivity index (χ4v) is 1.42. The Kier molecular flexibility index (Phi) is 2.72. The molecule has 0 atom stereocenters. The molecule has 0 fully saturated rings. The van der Waals surface area contributed by atoms with Gasteiger partial charge in [0.15, 0.2) is 0 Å². The predicted octanol–water partition coefficient (Wildman–Crippen LogP) is 2.48. The largest absolute Gasteiger partial charge is 0.497 e. The summed E-state index contributed by atoms with van der Waals surface area (Å²) in [7, 11) is 1.50. The van der Waals surface area contributed by atoms with E-state index >= 15 is 0 Å². The minimum Gasteiger partial charge on any atom is -0.497 e. The zero-order chi connectivity index (χ0) is 11.5. The lowest BCUT2D eigenvalue weighted by Gasteiger charge is -2.05. The number of benzene rings is 1. The Bertz CT molecular complexity index is 497. The zero-order valence-corrected chi connectivity index (χ0v) is 8.77. The molecule has 1 aromatic heterocycles. The molecule has 2 rings (SSSR count). The Morgan fingerprint density at radius 3 is 2.62 bits per heavy atom. The summed E-state index contributed by atoms with van der Waals surface area (Å²) in [5.74, 6) is 0.574. The molecule has 0 aliphatic rings. The third-order valence-electron chi connectivity index (χ3n) is 2.23. The van der Waals surface area contributed by atoms with Crippen LogP contribution in [0.2, 0.25) is 0 Å². The van der Waals surface area contributed by atoms with E-state index in [9.17, 15) is 4.39 Å². The number of methoxy groups -OCH3 is 1. The number of pyridine rings is 1. The van der Waals surface area contributed by atoms with E-state index in [4.69, 9.17) is 10.5 Å². The van der Waals surface area contributed by atoms with Gasteiger partial charge in [0.2, 0.25) is 0 Å². The minimum atomic E-state index is -0.342. The molecule has 0 spiro atoms. The van der Waals surface area contributed by atoms with Crippen LogP contribution in [0.4, 0.5) is 10.2 Å². The number of aromatic nitrogens is 1. The molecule has 2 N–H and O–H groups in total. The summed E-state index contributed by atoms with van der Waals surface area (Å²) in [6, 6.07) is 7.96. The molecular formula is C12H11FN2O. The lowest BCUT2D eigenvalue weighted by molar-refractivity contribution is 0.411. The second-order valence-corrected chi connectivity index (χ2v) is 3.35. The van der Waals surface area contributed by atoms with Gasteiger partial charge >= 0.3 is 0 Å². The molecule has 3 nitrogen and oxygen atoms in total. The van der Waals surface area contributed by atoms with Gasteiger partial charge in [-0.05, 0) is 29.8 Å². The Morgan fingerprint density at radius 1 is 1.19 bits per heavy atom. The van der Waals surface area contributed by atoms with Crippen LogP contribution >= 0.6 is 0 Å². The third kappa shape index (κ3) is 2.11. The molecule has 0 radical (unpaired) electrons. The highest BCUT2D eigenvalue weighted by molar-refractivity contribution is 5.65. The molecule has 0 unspecified atom stereocenters. The standard InChI is InChI=1S/C12H11FN2O/c1-16-11-5-9(4-10(13)6-11)8-2-3-12(14)15-7-8/h2-7H,1H3,(H2,14,15).